The normalized spacial score (nSPS) is 11.2. The number of rotatable bonds is 3. The molecule has 0 heterocycles. The van der Waals surface area contributed by atoms with Crippen molar-refractivity contribution in [3.8, 4) is 11.5 Å². The molecule has 0 aromatic heterocycles. The Balaban J connectivity index is 2.39. The van der Waals surface area contributed by atoms with Crippen molar-refractivity contribution in [2.75, 3.05) is 0 Å². The molecule has 0 aliphatic rings. The molecule has 2 aromatic carbocycles. The lowest BCUT2D eigenvalue weighted by molar-refractivity contribution is -0.137. The maximum atomic E-state index is 12.6. The third-order valence-corrected chi connectivity index (χ3v) is 3.30. The fraction of sp³-hybridized carbons (Fsp3) is 0.0714. The van der Waals surface area contributed by atoms with Gasteiger partial charge in [0.2, 0.25) is 0 Å². The van der Waals surface area contributed by atoms with Crippen LogP contribution < -0.4 is 4.74 Å². The van der Waals surface area contributed by atoms with Crippen molar-refractivity contribution in [1.29, 1.82) is 0 Å². The van der Waals surface area contributed by atoms with Crippen LogP contribution in [-0.2, 0) is 6.18 Å². The van der Waals surface area contributed by atoms with E-state index in [1.807, 2.05) is 0 Å². The zero-order valence-corrected chi connectivity index (χ0v) is 12.5. The number of ether oxygens (including phenoxy) is 1. The van der Waals surface area contributed by atoms with Crippen molar-refractivity contribution >= 4 is 28.6 Å². The van der Waals surface area contributed by atoms with Crippen LogP contribution in [0, 0.1) is 3.57 Å². The molecule has 2 rings (SSSR count). The molecule has 2 aromatic rings. The van der Waals surface area contributed by atoms with Crippen molar-refractivity contribution in [2.24, 2.45) is 0 Å². The van der Waals surface area contributed by atoms with Gasteiger partial charge in [-0.3, -0.25) is 0 Å². The van der Waals surface area contributed by atoms with Gasteiger partial charge in [-0.2, -0.15) is 13.2 Å². The summed E-state index contributed by atoms with van der Waals surface area (Å²) in [5, 5.41) is 9.03. The van der Waals surface area contributed by atoms with Gasteiger partial charge in [0.05, 0.1) is 5.56 Å². The number of carbonyl (C=O) groups is 1. The molecule has 0 aliphatic heterocycles. The van der Waals surface area contributed by atoms with Gasteiger partial charge >= 0.3 is 12.1 Å². The summed E-state index contributed by atoms with van der Waals surface area (Å²) in [5.41, 5.74) is -1.57. The molecule has 7 heteroatoms. The lowest BCUT2D eigenvalue weighted by Gasteiger charge is -2.12. The minimum atomic E-state index is -4.61. The first-order chi connectivity index (χ1) is 9.77. The molecule has 3 nitrogen and oxygen atoms in total. The van der Waals surface area contributed by atoms with E-state index < -0.39 is 23.3 Å². The van der Waals surface area contributed by atoms with Gasteiger partial charge in [0.25, 0.3) is 0 Å². The SMILES string of the molecule is O=C(O)c1cc(C(F)(F)F)ccc1Oc1ccc(I)cc1. The minimum Gasteiger partial charge on any atom is -0.478 e. The van der Waals surface area contributed by atoms with Crippen molar-refractivity contribution in [3.63, 3.8) is 0 Å². The molecule has 1 N–H and O–H groups in total. The molecule has 0 spiro atoms. The van der Waals surface area contributed by atoms with Gasteiger partial charge < -0.3 is 9.84 Å². The van der Waals surface area contributed by atoms with Crippen LogP contribution in [-0.4, -0.2) is 11.1 Å². The van der Waals surface area contributed by atoms with Gasteiger partial charge in [-0.1, -0.05) is 0 Å². The third-order valence-electron chi connectivity index (χ3n) is 2.58. The van der Waals surface area contributed by atoms with Crippen molar-refractivity contribution in [2.45, 2.75) is 6.18 Å². The van der Waals surface area contributed by atoms with E-state index in [-0.39, 0.29) is 5.75 Å². The van der Waals surface area contributed by atoms with Gasteiger partial charge in [0.15, 0.2) is 0 Å². The van der Waals surface area contributed by atoms with Crippen LogP contribution in [0.4, 0.5) is 13.2 Å². The number of benzene rings is 2. The van der Waals surface area contributed by atoms with Gasteiger partial charge in [-0.15, -0.1) is 0 Å². The summed E-state index contributed by atoms with van der Waals surface area (Å²) in [5.74, 6) is -1.28. The second-order valence-corrected chi connectivity index (χ2v) is 5.32. The first-order valence-electron chi connectivity index (χ1n) is 5.65. The molecule has 0 unspecified atom stereocenters. The molecular formula is C14H8F3IO3. The Morgan fingerprint density at radius 3 is 2.24 bits per heavy atom. The van der Waals surface area contributed by atoms with Gasteiger partial charge in [0, 0.05) is 3.57 Å². The Morgan fingerprint density at radius 1 is 1.10 bits per heavy atom. The number of alkyl halides is 3. The van der Waals surface area contributed by atoms with Gasteiger partial charge in [-0.05, 0) is 65.1 Å². The number of hydrogen-bond acceptors (Lipinski definition) is 2. The fourth-order valence-corrected chi connectivity index (χ4v) is 1.95. The summed E-state index contributed by atoms with van der Waals surface area (Å²) in [6.07, 6.45) is -4.61. The van der Waals surface area contributed by atoms with Crippen LogP contribution in [0.5, 0.6) is 11.5 Å². The standard InChI is InChI=1S/C14H8F3IO3/c15-14(16,17)8-1-6-12(11(7-8)13(19)20)21-10-4-2-9(18)3-5-10/h1-7H,(H,19,20). The molecule has 21 heavy (non-hydrogen) atoms. The van der Waals surface area contributed by atoms with Gasteiger partial charge in [-0.25, -0.2) is 4.79 Å². The number of halogens is 4. The highest BCUT2D eigenvalue weighted by Crippen LogP contribution is 2.34. The average molecular weight is 408 g/mol. The van der Waals surface area contributed by atoms with E-state index in [9.17, 15) is 18.0 Å². The second kappa shape index (κ2) is 5.92. The predicted molar refractivity (Wildman–Crippen MR) is 77.6 cm³/mol. The molecular weight excluding hydrogens is 400 g/mol. The summed E-state index contributed by atoms with van der Waals surface area (Å²) in [6, 6.07) is 9.03. The first-order valence-corrected chi connectivity index (χ1v) is 6.73. The van der Waals surface area contributed by atoms with Crippen LogP contribution in [0.3, 0.4) is 0 Å². The number of carboxylic acids is 1. The van der Waals surface area contributed by atoms with E-state index >= 15 is 0 Å². The molecule has 0 aliphatic carbocycles. The summed E-state index contributed by atoms with van der Waals surface area (Å²) < 4.78 is 44.1. The molecule has 0 saturated carbocycles. The molecule has 0 atom stereocenters. The van der Waals surface area contributed by atoms with Crippen LogP contribution >= 0.6 is 22.6 Å². The Kier molecular flexibility index (Phi) is 4.40. The molecule has 0 bridgehead atoms. The monoisotopic (exact) mass is 408 g/mol. The van der Waals surface area contributed by atoms with Crippen molar-refractivity contribution in [3.05, 3.63) is 57.2 Å². The minimum absolute atomic E-state index is 0.142. The van der Waals surface area contributed by atoms with Crippen LogP contribution in [0.1, 0.15) is 15.9 Å². The maximum absolute atomic E-state index is 12.6. The topological polar surface area (TPSA) is 46.5 Å². The summed E-state index contributed by atoms with van der Waals surface area (Å²) in [7, 11) is 0. The highest BCUT2D eigenvalue weighted by Gasteiger charge is 2.32. The predicted octanol–water partition coefficient (Wildman–Crippen LogP) is 4.80. The molecule has 0 amide bonds. The fourth-order valence-electron chi connectivity index (χ4n) is 1.59. The summed E-state index contributed by atoms with van der Waals surface area (Å²) in [6.45, 7) is 0. The Bertz CT molecular complexity index is 666. The van der Waals surface area contributed by atoms with Gasteiger partial charge in [0.1, 0.15) is 17.1 Å². The number of aromatic carboxylic acids is 1. The summed E-state index contributed by atoms with van der Waals surface area (Å²) in [4.78, 5) is 11.1. The van der Waals surface area contributed by atoms with E-state index in [2.05, 4.69) is 22.6 Å². The lowest BCUT2D eigenvalue weighted by atomic mass is 10.1. The van der Waals surface area contributed by atoms with E-state index in [0.717, 1.165) is 15.7 Å². The van der Waals surface area contributed by atoms with Crippen LogP contribution in [0.15, 0.2) is 42.5 Å². The van der Waals surface area contributed by atoms with Crippen LogP contribution in [0.2, 0.25) is 0 Å². The third kappa shape index (κ3) is 3.87. The zero-order chi connectivity index (χ0) is 15.6. The van der Waals surface area contributed by atoms with E-state index in [4.69, 9.17) is 9.84 Å². The first kappa shape index (κ1) is 15.6. The van der Waals surface area contributed by atoms with E-state index in [1.54, 1.807) is 24.3 Å². The van der Waals surface area contributed by atoms with Crippen molar-refractivity contribution < 1.29 is 27.8 Å². The Labute approximate surface area is 131 Å². The number of hydrogen-bond donors (Lipinski definition) is 1. The Morgan fingerprint density at radius 2 is 1.71 bits per heavy atom. The van der Waals surface area contributed by atoms with E-state index in [1.165, 1.54) is 0 Å². The molecule has 0 fully saturated rings. The zero-order valence-electron chi connectivity index (χ0n) is 10.3. The largest absolute Gasteiger partial charge is 0.478 e. The number of carboxylic acid groups (broad SMARTS) is 1. The maximum Gasteiger partial charge on any atom is 0.416 e. The smallest absolute Gasteiger partial charge is 0.416 e. The van der Waals surface area contributed by atoms with Crippen LogP contribution in [0.25, 0.3) is 0 Å². The average Bonchev–Trinajstić information content (AvgIpc) is 2.40. The van der Waals surface area contributed by atoms with E-state index in [0.29, 0.717) is 11.8 Å². The molecule has 0 radical (unpaired) electrons. The van der Waals surface area contributed by atoms with Crippen molar-refractivity contribution in [1.82, 2.24) is 0 Å². The second-order valence-electron chi connectivity index (χ2n) is 4.07. The molecule has 110 valence electrons. The highest BCUT2D eigenvalue weighted by molar-refractivity contribution is 14.1. The Hall–Kier alpha value is -1.77. The highest BCUT2D eigenvalue weighted by atomic mass is 127. The lowest BCUT2D eigenvalue weighted by Crippen LogP contribution is -2.08. The summed E-state index contributed by atoms with van der Waals surface area (Å²) >= 11 is 2.08. The molecule has 0 saturated heterocycles. The quantitative estimate of drug-likeness (QED) is 0.743.